The molecule has 0 amide bonds. The third-order valence-electron chi connectivity index (χ3n) is 2.70. The van der Waals surface area contributed by atoms with Crippen molar-refractivity contribution < 1.29 is 45.0 Å². The van der Waals surface area contributed by atoms with E-state index >= 15 is 0 Å². The number of carbonyl (C=O) groups is 1. The Morgan fingerprint density at radius 2 is 1.80 bits per heavy atom. The predicted octanol–water partition coefficient (Wildman–Crippen LogP) is 4.44. The molecule has 2 aromatic rings. The lowest BCUT2D eigenvalue weighted by Gasteiger charge is -2.11. The molecule has 1 heterocycles. The van der Waals surface area contributed by atoms with Crippen LogP contribution in [0.3, 0.4) is 0 Å². The van der Waals surface area contributed by atoms with E-state index in [-0.39, 0.29) is 6.61 Å². The maximum absolute atomic E-state index is 13.0. The molecule has 0 saturated heterocycles. The molecule has 2 rings (SSSR count). The lowest BCUT2D eigenvalue weighted by atomic mass is 10.2. The molecule has 0 aliphatic heterocycles. The number of ether oxygens (including phenoxy) is 2. The topological polar surface area (TPSA) is 61.6 Å². The number of para-hydroxylation sites is 1. The molecule has 25 heavy (non-hydrogen) atoms. The van der Waals surface area contributed by atoms with E-state index in [0.29, 0.717) is 0 Å². The molecular weight excluding hydrogens is 360 g/mol. The second-order valence-corrected chi connectivity index (χ2v) is 4.46. The lowest BCUT2D eigenvalue weighted by molar-refractivity contribution is -0.274. The average Bonchev–Trinajstić information content (AvgIpc) is 2.91. The Kier molecular flexibility index (Phi) is 4.95. The largest absolute Gasteiger partial charge is 0.573 e. The summed E-state index contributed by atoms with van der Waals surface area (Å²) >= 11 is 0. The van der Waals surface area contributed by atoms with Gasteiger partial charge in [0.2, 0.25) is 11.7 Å². The van der Waals surface area contributed by atoms with Gasteiger partial charge < -0.3 is 13.9 Å². The van der Waals surface area contributed by atoms with Gasteiger partial charge in [0.15, 0.2) is 5.69 Å². The van der Waals surface area contributed by atoms with E-state index in [4.69, 9.17) is 0 Å². The van der Waals surface area contributed by atoms with Gasteiger partial charge in [-0.05, 0) is 19.1 Å². The van der Waals surface area contributed by atoms with Crippen LogP contribution in [-0.4, -0.2) is 23.9 Å². The highest BCUT2D eigenvalue weighted by atomic mass is 19.4. The minimum Gasteiger partial charge on any atom is -0.461 e. The molecular formula is C14H9F6NO4. The fraction of sp³-hybridized carbons (Fsp3) is 0.286. The quantitative estimate of drug-likeness (QED) is 0.589. The molecule has 5 nitrogen and oxygen atoms in total. The first-order valence-electron chi connectivity index (χ1n) is 6.63. The number of halogens is 6. The number of hydrogen-bond acceptors (Lipinski definition) is 5. The van der Waals surface area contributed by atoms with Crippen LogP contribution in [0.2, 0.25) is 0 Å². The highest BCUT2D eigenvalue weighted by Gasteiger charge is 2.43. The van der Waals surface area contributed by atoms with E-state index in [1.165, 1.54) is 19.1 Å². The minimum absolute atomic E-state index is 0.230. The van der Waals surface area contributed by atoms with Crippen molar-refractivity contribution >= 4 is 5.97 Å². The van der Waals surface area contributed by atoms with Crippen LogP contribution < -0.4 is 4.74 Å². The summed E-state index contributed by atoms with van der Waals surface area (Å²) in [4.78, 5) is 15.0. The molecule has 0 saturated carbocycles. The Morgan fingerprint density at radius 3 is 2.36 bits per heavy atom. The summed E-state index contributed by atoms with van der Waals surface area (Å²) in [5, 5.41) is 0. The number of benzene rings is 1. The molecule has 11 heteroatoms. The number of alkyl halides is 6. The number of esters is 1. The molecule has 0 radical (unpaired) electrons. The van der Waals surface area contributed by atoms with E-state index in [2.05, 4.69) is 18.9 Å². The van der Waals surface area contributed by atoms with Gasteiger partial charge in [0.05, 0.1) is 12.2 Å². The molecule has 0 aliphatic rings. The Labute approximate surface area is 136 Å². The molecule has 0 fully saturated rings. The summed E-state index contributed by atoms with van der Waals surface area (Å²) in [6.45, 7) is 1.13. The predicted molar refractivity (Wildman–Crippen MR) is 69.6 cm³/mol. The van der Waals surface area contributed by atoms with Crippen LogP contribution in [0.4, 0.5) is 26.3 Å². The Balaban J connectivity index is 2.56. The number of nitrogens with zero attached hydrogens (tertiary/aromatic N) is 1. The summed E-state index contributed by atoms with van der Waals surface area (Å²) < 4.78 is 88.9. The first kappa shape index (κ1) is 18.6. The molecule has 1 aromatic heterocycles. The van der Waals surface area contributed by atoms with Gasteiger partial charge in [-0.1, -0.05) is 12.1 Å². The zero-order valence-corrected chi connectivity index (χ0v) is 12.4. The summed E-state index contributed by atoms with van der Waals surface area (Å²) in [6, 6.07) is 4.27. The summed E-state index contributed by atoms with van der Waals surface area (Å²) in [5.41, 5.74) is -1.70. The first-order chi connectivity index (χ1) is 11.5. The van der Waals surface area contributed by atoms with Gasteiger partial charge in [0, 0.05) is 0 Å². The molecule has 0 unspecified atom stereocenters. The number of rotatable bonds is 4. The third kappa shape index (κ3) is 4.43. The maximum Gasteiger partial charge on any atom is 0.573 e. The van der Waals surface area contributed by atoms with E-state index in [0.717, 1.165) is 12.1 Å². The summed E-state index contributed by atoms with van der Waals surface area (Å²) in [6.07, 6.45) is -10.2. The normalized spacial score (nSPS) is 12.1. The fourth-order valence-corrected chi connectivity index (χ4v) is 1.82. The van der Waals surface area contributed by atoms with Crippen LogP contribution in [0.25, 0.3) is 11.5 Å². The van der Waals surface area contributed by atoms with E-state index in [9.17, 15) is 31.1 Å². The second-order valence-electron chi connectivity index (χ2n) is 4.46. The summed E-state index contributed by atoms with van der Waals surface area (Å²) in [7, 11) is 0. The molecule has 0 aliphatic carbocycles. The van der Waals surface area contributed by atoms with Gasteiger partial charge in [-0.15, -0.1) is 13.2 Å². The van der Waals surface area contributed by atoms with Crippen LogP contribution in [0.15, 0.2) is 28.7 Å². The van der Waals surface area contributed by atoms with Crippen molar-refractivity contribution in [2.45, 2.75) is 19.5 Å². The zero-order valence-electron chi connectivity index (χ0n) is 12.4. The molecule has 1 aromatic carbocycles. The van der Waals surface area contributed by atoms with Crippen LogP contribution >= 0.6 is 0 Å². The number of oxazole rings is 1. The smallest absolute Gasteiger partial charge is 0.461 e. The molecule has 0 N–H and O–H groups in total. The van der Waals surface area contributed by atoms with Gasteiger partial charge in [-0.2, -0.15) is 13.2 Å². The first-order valence-corrected chi connectivity index (χ1v) is 6.63. The Bertz CT molecular complexity index is 765. The minimum atomic E-state index is -5.10. The summed E-state index contributed by atoms with van der Waals surface area (Å²) in [5.74, 6) is -4.89. The van der Waals surface area contributed by atoms with Crippen molar-refractivity contribution in [3.05, 3.63) is 35.7 Å². The van der Waals surface area contributed by atoms with Crippen molar-refractivity contribution in [1.82, 2.24) is 4.98 Å². The van der Waals surface area contributed by atoms with Gasteiger partial charge >= 0.3 is 18.5 Å². The number of aromatic nitrogens is 1. The van der Waals surface area contributed by atoms with Crippen molar-refractivity contribution in [3.63, 3.8) is 0 Å². The van der Waals surface area contributed by atoms with Gasteiger partial charge in [-0.25, -0.2) is 9.78 Å². The van der Waals surface area contributed by atoms with Crippen molar-refractivity contribution in [2.75, 3.05) is 6.61 Å². The van der Waals surface area contributed by atoms with Crippen LogP contribution in [-0.2, 0) is 10.9 Å². The highest BCUT2D eigenvalue weighted by Crippen LogP contribution is 2.39. The van der Waals surface area contributed by atoms with Gasteiger partial charge in [0.1, 0.15) is 5.75 Å². The maximum atomic E-state index is 13.0. The van der Waals surface area contributed by atoms with E-state index < -0.39 is 47.2 Å². The van der Waals surface area contributed by atoms with Crippen LogP contribution in [0.1, 0.15) is 23.2 Å². The van der Waals surface area contributed by atoms with E-state index in [1.54, 1.807) is 0 Å². The van der Waals surface area contributed by atoms with Gasteiger partial charge in [-0.3, -0.25) is 0 Å². The average molecular weight is 369 g/mol. The van der Waals surface area contributed by atoms with Crippen molar-refractivity contribution in [3.8, 4) is 17.2 Å². The Hall–Kier alpha value is -2.72. The SMILES string of the molecule is CCOC(=O)c1nc(-c2ccccc2OC(F)(F)F)oc1C(F)(F)F. The Morgan fingerprint density at radius 1 is 1.16 bits per heavy atom. The fourth-order valence-electron chi connectivity index (χ4n) is 1.82. The standard InChI is InChI=1S/C14H9F6NO4/c1-2-23-12(22)9-10(13(15,16)17)24-11(21-9)7-5-3-4-6-8(7)25-14(18,19)20/h3-6H,2H2,1H3. The van der Waals surface area contributed by atoms with Crippen molar-refractivity contribution in [1.29, 1.82) is 0 Å². The third-order valence-corrected chi connectivity index (χ3v) is 2.70. The van der Waals surface area contributed by atoms with Crippen molar-refractivity contribution in [2.24, 2.45) is 0 Å². The highest BCUT2D eigenvalue weighted by molar-refractivity contribution is 5.89. The number of hydrogen-bond donors (Lipinski definition) is 0. The second kappa shape index (κ2) is 6.65. The van der Waals surface area contributed by atoms with E-state index in [1.807, 2.05) is 0 Å². The van der Waals surface area contributed by atoms with Gasteiger partial charge in [0.25, 0.3) is 0 Å². The molecule has 136 valence electrons. The van der Waals surface area contributed by atoms with Crippen LogP contribution in [0.5, 0.6) is 5.75 Å². The zero-order chi connectivity index (χ0) is 18.8. The molecule has 0 spiro atoms. The molecule has 0 atom stereocenters. The lowest BCUT2D eigenvalue weighted by Crippen LogP contribution is -2.17. The number of carbonyl (C=O) groups excluding carboxylic acids is 1. The van der Waals surface area contributed by atoms with Crippen LogP contribution in [0, 0.1) is 0 Å². The monoisotopic (exact) mass is 369 g/mol. The molecule has 0 bridgehead atoms.